The Kier molecular flexibility index (Phi) is 6.31. The zero-order valence-electron chi connectivity index (χ0n) is 15.8. The number of carbonyl (C=O) groups excluding carboxylic acids is 1. The van der Waals surface area contributed by atoms with Gasteiger partial charge in [-0.2, -0.15) is 4.31 Å². The van der Waals surface area contributed by atoms with E-state index in [0.29, 0.717) is 31.7 Å². The molecule has 2 aromatic rings. The number of halogens is 1. The molecule has 0 saturated carbocycles. The number of carbonyl (C=O) groups is 1. The molecule has 1 saturated heterocycles. The van der Waals surface area contributed by atoms with E-state index in [1.165, 1.54) is 24.3 Å². The molecule has 1 aliphatic rings. The van der Waals surface area contributed by atoms with Gasteiger partial charge in [-0.3, -0.25) is 4.79 Å². The van der Waals surface area contributed by atoms with Gasteiger partial charge in [-0.25, -0.2) is 12.8 Å². The van der Waals surface area contributed by atoms with E-state index >= 15 is 0 Å². The number of sulfonamides is 1. The summed E-state index contributed by atoms with van der Waals surface area (Å²) in [6.07, 6.45) is 1.08. The van der Waals surface area contributed by atoms with Crippen molar-refractivity contribution in [2.45, 2.75) is 6.54 Å². The summed E-state index contributed by atoms with van der Waals surface area (Å²) in [5, 5.41) is 0. The molecule has 3 rings (SSSR count). The van der Waals surface area contributed by atoms with Crippen molar-refractivity contribution in [2.75, 3.05) is 43.9 Å². The minimum Gasteiger partial charge on any atom is -0.368 e. The van der Waals surface area contributed by atoms with Crippen LogP contribution in [0.5, 0.6) is 0 Å². The van der Waals surface area contributed by atoms with Crippen LogP contribution < -0.4 is 4.90 Å². The van der Waals surface area contributed by atoms with E-state index in [4.69, 9.17) is 0 Å². The van der Waals surface area contributed by atoms with Gasteiger partial charge in [0.1, 0.15) is 5.82 Å². The lowest BCUT2D eigenvalue weighted by molar-refractivity contribution is -0.131. The molecule has 0 radical (unpaired) electrons. The van der Waals surface area contributed by atoms with E-state index in [1.54, 1.807) is 4.90 Å². The third kappa shape index (κ3) is 5.30. The average molecular weight is 405 g/mol. The van der Waals surface area contributed by atoms with Gasteiger partial charge in [-0.05, 0) is 29.8 Å². The minimum atomic E-state index is -3.58. The topological polar surface area (TPSA) is 60.9 Å². The zero-order chi connectivity index (χ0) is 20.1. The number of hydrogen-bond acceptors (Lipinski definition) is 4. The lowest BCUT2D eigenvalue weighted by Crippen LogP contribution is -2.51. The van der Waals surface area contributed by atoms with Gasteiger partial charge < -0.3 is 9.80 Å². The highest BCUT2D eigenvalue weighted by molar-refractivity contribution is 7.88. The summed E-state index contributed by atoms with van der Waals surface area (Å²) >= 11 is 0. The van der Waals surface area contributed by atoms with Gasteiger partial charge in [0.15, 0.2) is 0 Å². The molecule has 2 aromatic carbocycles. The van der Waals surface area contributed by atoms with Crippen molar-refractivity contribution in [2.24, 2.45) is 0 Å². The number of piperazine rings is 1. The van der Waals surface area contributed by atoms with Crippen molar-refractivity contribution in [1.29, 1.82) is 0 Å². The molecule has 1 aliphatic heterocycles. The van der Waals surface area contributed by atoms with Crippen LogP contribution in [0.2, 0.25) is 0 Å². The number of rotatable bonds is 6. The molecule has 0 spiro atoms. The maximum Gasteiger partial charge on any atom is 0.238 e. The molecule has 1 heterocycles. The number of para-hydroxylation sites is 1. The Labute approximate surface area is 165 Å². The van der Waals surface area contributed by atoms with Crippen molar-refractivity contribution in [3.05, 3.63) is 66.0 Å². The molecule has 0 bridgehead atoms. The van der Waals surface area contributed by atoms with Crippen LogP contribution in [-0.4, -0.2) is 62.5 Å². The van der Waals surface area contributed by atoms with E-state index in [1.807, 2.05) is 30.3 Å². The molecule has 0 N–H and O–H groups in total. The number of hydrogen-bond donors (Lipinski definition) is 0. The number of anilines is 1. The van der Waals surface area contributed by atoms with Crippen molar-refractivity contribution in [1.82, 2.24) is 9.21 Å². The number of nitrogens with zero attached hydrogens (tertiary/aromatic N) is 3. The highest BCUT2D eigenvalue weighted by Gasteiger charge is 2.26. The summed E-state index contributed by atoms with van der Waals surface area (Å²) in [7, 11) is -3.58. The van der Waals surface area contributed by atoms with Gasteiger partial charge in [0.05, 0.1) is 12.8 Å². The maximum absolute atomic E-state index is 13.1. The molecule has 0 atom stereocenters. The van der Waals surface area contributed by atoms with Crippen LogP contribution in [0.3, 0.4) is 0 Å². The Morgan fingerprint density at radius 2 is 1.61 bits per heavy atom. The average Bonchev–Trinajstić information content (AvgIpc) is 2.69. The molecule has 28 heavy (non-hydrogen) atoms. The third-order valence-electron chi connectivity index (χ3n) is 4.81. The van der Waals surface area contributed by atoms with Crippen LogP contribution in [0.15, 0.2) is 54.6 Å². The summed E-state index contributed by atoms with van der Waals surface area (Å²) in [6.45, 7) is 2.30. The van der Waals surface area contributed by atoms with Gasteiger partial charge in [-0.1, -0.05) is 30.3 Å². The molecule has 150 valence electrons. The first kappa shape index (κ1) is 20.3. The van der Waals surface area contributed by atoms with E-state index in [-0.39, 0.29) is 24.8 Å². The Balaban J connectivity index is 1.60. The maximum atomic E-state index is 13.1. The monoisotopic (exact) mass is 405 g/mol. The zero-order valence-corrected chi connectivity index (χ0v) is 16.6. The molecular formula is C20H24FN3O3S. The van der Waals surface area contributed by atoms with Gasteiger partial charge in [-0.15, -0.1) is 0 Å². The highest BCUT2D eigenvalue weighted by Crippen LogP contribution is 2.16. The first-order chi connectivity index (χ1) is 13.3. The van der Waals surface area contributed by atoms with Crippen LogP contribution in [0.1, 0.15) is 5.56 Å². The second-order valence-electron chi connectivity index (χ2n) is 6.86. The van der Waals surface area contributed by atoms with Gasteiger partial charge in [0.2, 0.25) is 15.9 Å². The lowest BCUT2D eigenvalue weighted by Gasteiger charge is -2.36. The fourth-order valence-corrected chi connectivity index (χ4v) is 3.92. The summed E-state index contributed by atoms with van der Waals surface area (Å²) in [6, 6.07) is 15.6. The fourth-order valence-electron chi connectivity index (χ4n) is 3.19. The first-order valence-electron chi connectivity index (χ1n) is 9.10. The standard InChI is InChI=1S/C20H24FN3O3S/c1-28(26,27)24(15-17-7-9-18(21)10-8-17)16-20(25)23-13-11-22(12-14-23)19-5-3-2-4-6-19/h2-10H,11-16H2,1H3. The van der Waals surface area contributed by atoms with Crippen molar-refractivity contribution in [3.8, 4) is 0 Å². The highest BCUT2D eigenvalue weighted by atomic mass is 32.2. The van der Waals surface area contributed by atoms with Gasteiger partial charge in [0.25, 0.3) is 0 Å². The van der Waals surface area contributed by atoms with E-state index in [0.717, 1.165) is 16.2 Å². The molecule has 1 amide bonds. The van der Waals surface area contributed by atoms with Crippen molar-refractivity contribution >= 4 is 21.6 Å². The smallest absolute Gasteiger partial charge is 0.238 e. The second-order valence-corrected chi connectivity index (χ2v) is 8.84. The molecule has 0 aliphatic carbocycles. The second kappa shape index (κ2) is 8.70. The van der Waals surface area contributed by atoms with Crippen LogP contribution in [0.4, 0.5) is 10.1 Å². The molecule has 0 unspecified atom stereocenters. The molecule has 1 fully saturated rings. The summed E-state index contributed by atoms with van der Waals surface area (Å²) < 4.78 is 38.5. The molecule has 8 heteroatoms. The Morgan fingerprint density at radius 3 is 2.18 bits per heavy atom. The Hall–Kier alpha value is -2.45. The van der Waals surface area contributed by atoms with E-state index in [2.05, 4.69) is 4.90 Å². The van der Waals surface area contributed by atoms with Gasteiger partial charge in [0, 0.05) is 38.4 Å². The summed E-state index contributed by atoms with van der Waals surface area (Å²) in [4.78, 5) is 16.6. The molecule has 0 aromatic heterocycles. The molecular weight excluding hydrogens is 381 g/mol. The molecule has 6 nitrogen and oxygen atoms in total. The summed E-state index contributed by atoms with van der Waals surface area (Å²) in [5.41, 5.74) is 1.75. The van der Waals surface area contributed by atoms with E-state index in [9.17, 15) is 17.6 Å². The third-order valence-corrected chi connectivity index (χ3v) is 6.00. The Bertz CT molecular complexity index is 896. The number of amides is 1. The van der Waals surface area contributed by atoms with Crippen LogP contribution in [0.25, 0.3) is 0 Å². The van der Waals surface area contributed by atoms with E-state index < -0.39 is 10.0 Å². The van der Waals surface area contributed by atoms with Crippen LogP contribution in [-0.2, 0) is 21.4 Å². The lowest BCUT2D eigenvalue weighted by atomic mass is 10.2. The summed E-state index contributed by atoms with van der Waals surface area (Å²) in [5.74, 6) is -0.609. The predicted molar refractivity (Wildman–Crippen MR) is 107 cm³/mol. The normalized spacial score (nSPS) is 15.1. The SMILES string of the molecule is CS(=O)(=O)N(CC(=O)N1CCN(c2ccccc2)CC1)Cc1ccc(F)cc1. The predicted octanol–water partition coefficient (Wildman–Crippen LogP) is 1.94. The van der Waals surface area contributed by atoms with Crippen LogP contribution >= 0.6 is 0 Å². The minimum absolute atomic E-state index is 0.0365. The fraction of sp³-hybridized carbons (Fsp3) is 0.350. The largest absolute Gasteiger partial charge is 0.368 e. The Morgan fingerprint density at radius 1 is 1.00 bits per heavy atom. The van der Waals surface area contributed by atoms with Gasteiger partial charge >= 0.3 is 0 Å². The quantitative estimate of drug-likeness (QED) is 0.737. The first-order valence-corrected chi connectivity index (χ1v) is 10.9. The van der Waals surface area contributed by atoms with Crippen molar-refractivity contribution < 1.29 is 17.6 Å². The van der Waals surface area contributed by atoms with Crippen LogP contribution in [0, 0.1) is 5.82 Å². The van der Waals surface area contributed by atoms with Crippen molar-refractivity contribution in [3.63, 3.8) is 0 Å². The number of benzene rings is 2.